The molecule has 19 heavy (non-hydrogen) atoms. The van der Waals surface area contributed by atoms with E-state index in [1.165, 1.54) is 6.42 Å². The molecule has 1 rings (SSSR count). The number of hydrogen-bond donors (Lipinski definition) is 1. The first-order chi connectivity index (χ1) is 8.88. The maximum atomic E-state index is 12.0. The van der Waals surface area contributed by atoms with Crippen molar-refractivity contribution in [3.63, 3.8) is 0 Å². The number of nitrogens with zero attached hydrogens (tertiary/aromatic N) is 1. The van der Waals surface area contributed by atoms with Gasteiger partial charge in [0.2, 0.25) is 5.91 Å². The van der Waals surface area contributed by atoms with Gasteiger partial charge in [0, 0.05) is 25.6 Å². The minimum atomic E-state index is -4.08. The van der Waals surface area contributed by atoms with Gasteiger partial charge in [-0.25, -0.2) is 0 Å². The van der Waals surface area contributed by atoms with Crippen LogP contribution in [0.2, 0.25) is 0 Å². The van der Waals surface area contributed by atoms with Crippen LogP contribution in [0.1, 0.15) is 45.4 Å². The number of nitrogens with one attached hydrogen (secondary N) is 1. The zero-order valence-electron chi connectivity index (χ0n) is 11.4. The number of carbonyl (C=O) groups excluding carboxylic acids is 1. The average molecular weight is 280 g/mol. The van der Waals surface area contributed by atoms with Gasteiger partial charge < -0.3 is 10.2 Å². The van der Waals surface area contributed by atoms with Crippen LogP contribution >= 0.6 is 0 Å². The second kappa shape index (κ2) is 7.72. The molecule has 1 atom stereocenters. The Morgan fingerprint density at radius 2 is 1.89 bits per heavy atom. The Labute approximate surface area is 112 Å². The summed E-state index contributed by atoms with van der Waals surface area (Å²) in [5.41, 5.74) is 0. The number of likely N-dealkylation sites (tertiary alicyclic amines) is 1. The first-order valence-corrected chi connectivity index (χ1v) is 6.96. The van der Waals surface area contributed by atoms with Crippen molar-refractivity contribution in [3.8, 4) is 0 Å². The molecule has 1 saturated heterocycles. The zero-order chi connectivity index (χ0) is 14.3. The van der Waals surface area contributed by atoms with Crippen molar-refractivity contribution in [1.82, 2.24) is 10.2 Å². The van der Waals surface area contributed by atoms with Crippen LogP contribution in [-0.4, -0.2) is 42.7 Å². The van der Waals surface area contributed by atoms with Crippen LogP contribution in [0, 0.1) is 0 Å². The third-order valence-electron chi connectivity index (χ3n) is 3.41. The first kappa shape index (κ1) is 16.3. The zero-order valence-corrected chi connectivity index (χ0v) is 11.4. The summed E-state index contributed by atoms with van der Waals surface area (Å²) in [7, 11) is 0. The normalized spacial score (nSPS) is 18.4. The lowest BCUT2D eigenvalue weighted by atomic mass is 10.1. The lowest BCUT2D eigenvalue weighted by molar-refractivity contribution is -0.136. The third-order valence-corrected chi connectivity index (χ3v) is 3.41. The molecule has 6 heteroatoms. The van der Waals surface area contributed by atoms with E-state index in [-0.39, 0.29) is 24.9 Å². The fraction of sp³-hybridized carbons (Fsp3) is 0.923. The monoisotopic (exact) mass is 280 g/mol. The number of hydrogen-bond acceptors (Lipinski definition) is 2. The molecule has 1 heterocycles. The van der Waals surface area contributed by atoms with E-state index >= 15 is 0 Å². The lowest BCUT2D eigenvalue weighted by Gasteiger charge is -2.27. The number of alkyl halides is 3. The molecule has 0 aromatic rings. The quantitative estimate of drug-likeness (QED) is 0.811. The van der Waals surface area contributed by atoms with E-state index < -0.39 is 12.6 Å². The summed E-state index contributed by atoms with van der Waals surface area (Å²) < 4.78 is 35.9. The fourth-order valence-corrected chi connectivity index (χ4v) is 2.23. The topological polar surface area (TPSA) is 32.3 Å². The van der Waals surface area contributed by atoms with Gasteiger partial charge in [-0.3, -0.25) is 4.79 Å². The van der Waals surface area contributed by atoms with Gasteiger partial charge in [-0.1, -0.05) is 0 Å². The molecular weight excluding hydrogens is 257 g/mol. The van der Waals surface area contributed by atoms with Crippen molar-refractivity contribution < 1.29 is 18.0 Å². The van der Waals surface area contributed by atoms with Gasteiger partial charge in [0.1, 0.15) is 0 Å². The highest BCUT2D eigenvalue weighted by Crippen LogP contribution is 2.22. The summed E-state index contributed by atoms with van der Waals surface area (Å²) in [6.07, 6.45) is -1.02. The van der Waals surface area contributed by atoms with Crippen LogP contribution in [0.3, 0.4) is 0 Å². The molecule has 0 radical (unpaired) electrons. The van der Waals surface area contributed by atoms with E-state index in [1.54, 1.807) is 0 Å². The SMILES string of the molecule is CC(CCCC(F)(F)F)NCC(=O)N1CCCCC1. The van der Waals surface area contributed by atoms with Crippen molar-refractivity contribution >= 4 is 5.91 Å². The molecule has 1 amide bonds. The molecule has 0 spiro atoms. The van der Waals surface area contributed by atoms with Gasteiger partial charge in [-0.2, -0.15) is 13.2 Å². The number of amides is 1. The van der Waals surface area contributed by atoms with Crippen molar-refractivity contribution in [2.45, 2.75) is 57.7 Å². The van der Waals surface area contributed by atoms with Gasteiger partial charge in [0.15, 0.2) is 0 Å². The van der Waals surface area contributed by atoms with Crippen LogP contribution < -0.4 is 5.32 Å². The summed E-state index contributed by atoms with van der Waals surface area (Å²) in [4.78, 5) is 13.7. The highest BCUT2D eigenvalue weighted by atomic mass is 19.4. The van der Waals surface area contributed by atoms with E-state index in [2.05, 4.69) is 5.32 Å². The number of carbonyl (C=O) groups is 1. The fourth-order valence-electron chi connectivity index (χ4n) is 2.23. The second-order valence-electron chi connectivity index (χ2n) is 5.23. The van der Waals surface area contributed by atoms with Crippen molar-refractivity contribution in [3.05, 3.63) is 0 Å². The molecule has 1 N–H and O–H groups in total. The molecule has 0 aliphatic carbocycles. The van der Waals surface area contributed by atoms with E-state index in [1.807, 2.05) is 11.8 Å². The van der Waals surface area contributed by atoms with Gasteiger partial charge in [0.05, 0.1) is 6.54 Å². The Balaban J connectivity index is 2.11. The van der Waals surface area contributed by atoms with Crippen LogP contribution in [0.15, 0.2) is 0 Å². The van der Waals surface area contributed by atoms with E-state index in [0.717, 1.165) is 25.9 Å². The predicted molar refractivity (Wildman–Crippen MR) is 67.8 cm³/mol. The van der Waals surface area contributed by atoms with Crippen LogP contribution in [0.4, 0.5) is 13.2 Å². The highest BCUT2D eigenvalue weighted by molar-refractivity contribution is 5.78. The number of rotatable bonds is 6. The molecule has 1 unspecified atom stereocenters. The largest absolute Gasteiger partial charge is 0.389 e. The first-order valence-electron chi connectivity index (χ1n) is 6.96. The van der Waals surface area contributed by atoms with Gasteiger partial charge in [0.25, 0.3) is 0 Å². The molecule has 1 aliphatic heterocycles. The Kier molecular flexibility index (Phi) is 6.62. The maximum absolute atomic E-state index is 12.0. The number of piperidine rings is 1. The van der Waals surface area contributed by atoms with Crippen molar-refractivity contribution in [2.24, 2.45) is 0 Å². The maximum Gasteiger partial charge on any atom is 0.389 e. The van der Waals surface area contributed by atoms with E-state index in [4.69, 9.17) is 0 Å². The van der Waals surface area contributed by atoms with Gasteiger partial charge in [-0.15, -0.1) is 0 Å². The molecule has 0 aromatic carbocycles. The summed E-state index contributed by atoms with van der Waals surface area (Å²) in [6.45, 7) is 3.67. The predicted octanol–water partition coefficient (Wildman–Crippen LogP) is 2.71. The van der Waals surface area contributed by atoms with Crippen LogP contribution in [-0.2, 0) is 4.79 Å². The molecule has 1 fully saturated rings. The van der Waals surface area contributed by atoms with Crippen LogP contribution in [0.5, 0.6) is 0 Å². The molecule has 3 nitrogen and oxygen atoms in total. The van der Waals surface area contributed by atoms with Crippen molar-refractivity contribution in [2.75, 3.05) is 19.6 Å². The second-order valence-corrected chi connectivity index (χ2v) is 5.23. The molecular formula is C13H23F3N2O. The minimum absolute atomic E-state index is 0.0578. The Hall–Kier alpha value is -0.780. The molecule has 112 valence electrons. The van der Waals surface area contributed by atoms with Gasteiger partial charge in [-0.05, 0) is 39.0 Å². The lowest BCUT2D eigenvalue weighted by Crippen LogP contribution is -2.43. The summed E-state index contributed by atoms with van der Waals surface area (Å²) >= 11 is 0. The third kappa shape index (κ3) is 7.40. The molecule has 0 saturated carbocycles. The molecule has 0 bridgehead atoms. The average Bonchev–Trinajstić information content (AvgIpc) is 2.35. The highest BCUT2D eigenvalue weighted by Gasteiger charge is 2.26. The Morgan fingerprint density at radius 3 is 2.47 bits per heavy atom. The molecule has 0 aromatic heterocycles. The van der Waals surface area contributed by atoms with Gasteiger partial charge >= 0.3 is 6.18 Å². The van der Waals surface area contributed by atoms with E-state index in [9.17, 15) is 18.0 Å². The summed E-state index contributed by atoms with van der Waals surface area (Å²) in [6, 6.07) is -0.0592. The smallest absolute Gasteiger partial charge is 0.342 e. The Bertz CT molecular complexity index is 276. The minimum Gasteiger partial charge on any atom is -0.342 e. The van der Waals surface area contributed by atoms with Crippen LogP contribution in [0.25, 0.3) is 0 Å². The van der Waals surface area contributed by atoms with E-state index in [0.29, 0.717) is 6.42 Å². The standard InChI is InChI=1S/C13H23F3N2O/c1-11(6-5-7-13(14,15)16)17-10-12(19)18-8-3-2-4-9-18/h11,17H,2-10H2,1H3. The Morgan fingerprint density at radius 1 is 1.26 bits per heavy atom. The number of halogens is 3. The summed E-state index contributed by atoms with van der Waals surface area (Å²) in [5, 5.41) is 3.01. The molecule has 1 aliphatic rings. The summed E-state index contributed by atoms with van der Waals surface area (Å²) in [5.74, 6) is 0.0578. The van der Waals surface area contributed by atoms with Crippen molar-refractivity contribution in [1.29, 1.82) is 0 Å².